The molecule has 2 aromatic rings. The van der Waals surface area contributed by atoms with Gasteiger partial charge < -0.3 is 15.4 Å². The number of urea groups is 1. The Balaban J connectivity index is 1.92. The molecule has 0 aliphatic rings. The zero-order valence-electron chi connectivity index (χ0n) is 15.1. The van der Waals surface area contributed by atoms with Crippen LogP contribution < -0.4 is 15.4 Å². The predicted molar refractivity (Wildman–Crippen MR) is 98.8 cm³/mol. The second-order valence-electron chi connectivity index (χ2n) is 6.00. The summed E-state index contributed by atoms with van der Waals surface area (Å²) in [5.41, 5.74) is 3.92. The number of carbonyl (C=O) groups excluding carboxylic acids is 1. The second kappa shape index (κ2) is 8.25. The average molecular weight is 340 g/mol. The molecule has 1 aromatic carbocycles. The van der Waals surface area contributed by atoms with Crippen LogP contribution in [0.3, 0.4) is 0 Å². The van der Waals surface area contributed by atoms with Gasteiger partial charge in [0.2, 0.25) is 0 Å². The lowest BCUT2D eigenvalue weighted by Gasteiger charge is -2.15. The van der Waals surface area contributed by atoms with Crippen LogP contribution in [0.15, 0.2) is 24.3 Å². The quantitative estimate of drug-likeness (QED) is 0.795. The number of nitrogens with zero attached hydrogens (tertiary/aromatic N) is 2. The van der Waals surface area contributed by atoms with E-state index in [4.69, 9.17) is 11.2 Å². The molecule has 2 rings (SSSR count). The van der Waals surface area contributed by atoms with Crippen molar-refractivity contribution in [2.75, 3.05) is 11.9 Å². The van der Waals surface area contributed by atoms with Crippen LogP contribution in [0.1, 0.15) is 23.9 Å². The number of ether oxygens (including phenoxy) is 1. The number of hydrogen-bond acceptors (Lipinski definition) is 3. The summed E-state index contributed by atoms with van der Waals surface area (Å²) in [4.78, 5) is 12.2. The minimum atomic E-state index is -0.263. The number of anilines is 1. The Kier molecular flexibility index (Phi) is 6.07. The molecule has 0 bridgehead atoms. The molecule has 2 N–H and O–H groups in total. The molecular weight excluding hydrogens is 316 g/mol. The SMILES string of the molecule is C#CCOc1cccc(NC(=O)N[C@@H](C)Cc2c(C)nn(C)c2C)c1. The van der Waals surface area contributed by atoms with Gasteiger partial charge in [0.15, 0.2) is 0 Å². The topological polar surface area (TPSA) is 68.2 Å². The molecule has 0 aliphatic carbocycles. The molecule has 0 radical (unpaired) electrons. The van der Waals surface area contributed by atoms with Gasteiger partial charge in [-0.15, -0.1) is 6.42 Å². The number of aryl methyl sites for hydroxylation is 2. The van der Waals surface area contributed by atoms with Crippen LogP contribution in [0.4, 0.5) is 10.5 Å². The highest BCUT2D eigenvalue weighted by Gasteiger charge is 2.14. The molecule has 132 valence electrons. The minimum absolute atomic E-state index is 0.0255. The highest BCUT2D eigenvalue weighted by molar-refractivity contribution is 5.89. The first-order valence-corrected chi connectivity index (χ1v) is 8.13. The summed E-state index contributed by atoms with van der Waals surface area (Å²) in [5, 5.41) is 10.2. The Morgan fingerprint density at radius 3 is 2.84 bits per heavy atom. The van der Waals surface area contributed by atoms with Gasteiger partial charge in [0.25, 0.3) is 0 Å². The lowest BCUT2D eigenvalue weighted by molar-refractivity contribution is 0.249. The highest BCUT2D eigenvalue weighted by Crippen LogP contribution is 2.17. The molecule has 25 heavy (non-hydrogen) atoms. The van der Waals surface area contributed by atoms with Crippen LogP contribution in [0.25, 0.3) is 0 Å². The first-order chi connectivity index (χ1) is 11.9. The van der Waals surface area contributed by atoms with Crippen LogP contribution in [0.5, 0.6) is 5.75 Å². The number of benzene rings is 1. The van der Waals surface area contributed by atoms with E-state index in [1.807, 2.05) is 32.5 Å². The summed E-state index contributed by atoms with van der Waals surface area (Å²) in [6.07, 6.45) is 5.90. The molecule has 0 fully saturated rings. The number of nitrogens with one attached hydrogen (secondary N) is 2. The smallest absolute Gasteiger partial charge is 0.319 e. The highest BCUT2D eigenvalue weighted by atomic mass is 16.5. The van der Waals surface area contributed by atoms with Crippen molar-refractivity contribution < 1.29 is 9.53 Å². The number of amides is 2. The van der Waals surface area contributed by atoms with E-state index < -0.39 is 0 Å². The summed E-state index contributed by atoms with van der Waals surface area (Å²) >= 11 is 0. The largest absolute Gasteiger partial charge is 0.481 e. The summed E-state index contributed by atoms with van der Waals surface area (Å²) in [6.45, 7) is 6.18. The lowest BCUT2D eigenvalue weighted by atomic mass is 10.1. The van der Waals surface area contributed by atoms with Gasteiger partial charge in [-0.1, -0.05) is 12.0 Å². The molecule has 2 amide bonds. The van der Waals surface area contributed by atoms with Gasteiger partial charge in [-0.2, -0.15) is 5.10 Å². The Labute approximate surface area is 148 Å². The summed E-state index contributed by atoms with van der Waals surface area (Å²) in [5.74, 6) is 3.02. The van der Waals surface area contributed by atoms with Crippen LogP contribution in [0, 0.1) is 26.2 Å². The molecule has 6 heteroatoms. The fourth-order valence-electron chi connectivity index (χ4n) is 2.65. The Morgan fingerprint density at radius 1 is 1.44 bits per heavy atom. The molecule has 6 nitrogen and oxygen atoms in total. The molecular formula is C19H24N4O2. The van der Waals surface area contributed by atoms with Crippen molar-refractivity contribution in [1.29, 1.82) is 0 Å². The van der Waals surface area contributed by atoms with Crippen molar-refractivity contribution in [1.82, 2.24) is 15.1 Å². The van der Waals surface area contributed by atoms with Gasteiger partial charge in [-0.25, -0.2) is 4.79 Å². The van der Waals surface area contributed by atoms with E-state index in [-0.39, 0.29) is 18.7 Å². The first kappa shape index (κ1) is 18.4. The number of aromatic nitrogens is 2. The van der Waals surface area contributed by atoms with Crippen molar-refractivity contribution in [3.8, 4) is 18.1 Å². The van der Waals surface area contributed by atoms with Crippen LogP contribution in [-0.4, -0.2) is 28.5 Å². The molecule has 1 heterocycles. The monoisotopic (exact) mass is 340 g/mol. The Morgan fingerprint density at radius 2 is 2.20 bits per heavy atom. The zero-order chi connectivity index (χ0) is 18.4. The van der Waals surface area contributed by atoms with Crippen molar-refractivity contribution in [2.24, 2.45) is 7.05 Å². The van der Waals surface area contributed by atoms with Crippen LogP contribution in [-0.2, 0) is 13.5 Å². The van der Waals surface area contributed by atoms with Crippen molar-refractivity contribution in [3.63, 3.8) is 0 Å². The van der Waals surface area contributed by atoms with Gasteiger partial charge in [0.05, 0.1) is 5.69 Å². The fourth-order valence-corrected chi connectivity index (χ4v) is 2.65. The van der Waals surface area contributed by atoms with Crippen molar-refractivity contribution >= 4 is 11.7 Å². The second-order valence-corrected chi connectivity index (χ2v) is 6.00. The Bertz CT molecular complexity index is 789. The first-order valence-electron chi connectivity index (χ1n) is 8.13. The molecule has 1 aromatic heterocycles. The van der Waals surface area contributed by atoms with Gasteiger partial charge in [-0.3, -0.25) is 4.68 Å². The lowest BCUT2D eigenvalue weighted by Crippen LogP contribution is -2.37. The predicted octanol–water partition coefficient (Wildman–Crippen LogP) is 2.80. The third kappa shape index (κ3) is 5.01. The summed E-state index contributed by atoms with van der Waals surface area (Å²) in [6, 6.07) is 6.83. The Hall–Kier alpha value is -2.94. The maximum atomic E-state index is 12.2. The van der Waals surface area contributed by atoms with Gasteiger partial charge >= 0.3 is 6.03 Å². The van der Waals surface area contributed by atoms with Crippen molar-refractivity contribution in [2.45, 2.75) is 33.2 Å². The number of carbonyl (C=O) groups is 1. The third-order valence-corrected chi connectivity index (χ3v) is 3.96. The molecule has 0 aliphatic heterocycles. The van der Waals surface area contributed by atoms with Crippen LogP contribution >= 0.6 is 0 Å². The standard InChI is InChI=1S/C19H24N4O2/c1-6-10-25-17-9-7-8-16(12-17)21-19(24)20-13(2)11-18-14(3)22-23(5)15(18)4/h1,7-9,12-13H,10-11H2,2-5H3,(H2,20,21,24)/t13-/m0/s1. The van der Waals surface area contributed by atoms with E-state index >= 15 is 0 Å². The molecule has 0 spiro atoms. The minimum Gasteiger partial charge on any atom is -0.481 e. The van der Waals surface area contributed by atoms with E-state index in [0.29, 0.717) is 11.4 Å². The fraction of sp³-hybridized carbons (Fsp3) is 0.368. The van der Waals surface area contributed by atoms with E-state index in [1.165, 1.54) is 5.56 Å². The summed E-state index contributed by atoms with van der Waals surface area (Å²) in [7, 11) is 1.92. The van der Waals surface area contributed by atoms with E-state index in [2.05, 4.69) is 21.7 Å². The average Bonchev–Trinajstić information content (AvgIpc) is 2.79. The molecule has 0 saturated heterocycles. The van der Waals surface area contributed by atoms with E-state index in [0.717, 1.165) is 17.8 Å². The summed E-state index contributed by atoms with van der Waals surface area (Å²) < 4.78 is 7.21. The van der Waals surface area contributed by atoms with Crippen LogP contribution in [0.2, 0.25) is 0 Å². The molecule has 0 unspecified atom stereocenters. The zero-order valence-corrected chi connectivity index (χ0v) is 15.1. The number of rotatable bonds is 6. The number of terminal acetylenes is 1. The molecule has 1 atom stereocenters. The number of hydrogen-bond donors (Lipinski definition) is 2. The molecule has 0 saturated carbocycles. The van der Waals surface area contributed by atoms with Gasteiger partial charge in [0, 0.05) is 30.5 Å². The maximum absolute atomic E-state index is 12.2. The van der Waals surface area contributed by atoms with Gasteiger partial charge in [0.1, 0.15) is 12.4 Å². The normalized spacial score (nSPS) is 11.5. The van der Waals surface area contributed by atoms with E-state index in [1.54, 1.807) is 24.3 Å². The van der Waals surface area contributed by atoms with Crippen molar-refractivity contribution in [3.05, 3.63) is 41.2 Å². The van der Waals surface area contributed by atoms with Gasteiger partial charge in [-0.05, 0) is 44.9 Å². The maximum Gasteiger partial charge on any atom is 0.319 e. The van der Waals surface area contributed by atoms with E-state index in [9.17, 15) is 4.79 Å². The third-order valence-electron chi connectivity index (χ3n) is 3.96.